The van der Waals surface area contributed by atoms with Gasteiger partial charge in [0.15, 0.2) is 0 Å². The molecule has 4 aliphatic rings. The van der Waals surface area contributed by atoms with Crippen molar-refractivity contribution in [3.63, 3.8) is 0 Å². The lowest BCUT2D eigenvalue weighted by molar-refractivity contribution is -0.0503. The van der Waals surface area contributed by atoms with Gasteiger partial charge in [-0.3, -0.25) is 4.79 Å². The molecule has 4 saturated carbocycles. The van der Waals surface area contributed by atoms with Crippen molar-refractivity contribution < 1.29 is 4.79 Å². The van der Waals surface area contributed by atoms with Crippen molar-refractivity contribution >= 4 is 23.2 Å². The lowest BCUT2D eigenvalue weighted by Crippen LogP contribution is -2.51. The molecule has 0 aromatic carbocycles. The molecule has 2 aromatic heterocycles. The third-order valence-corrected chi connectivity index (χ3v) is 6.96. The second-order valence-corrected chi connectivity index (χ2v) is 8.92. The van der Waals surface area contributed by atoms with Crippen molar-refractivity contribution in [1.29, 1.82) is 0 Å². The number of nitrogens with zero attached hydrogens (tertiary/aromatic N) is 2. The Balaban J connectivity index is 1.30. The number of aromatic nitrogens is 2. The van der Waals surface area contributed by atoms with Gasteiger partial charge in [-0.25, -0.2) is 4.98 Å². The van der Waals surface area contributed by atoms with Gasteiger partial charge in [-0.05, 0) is 73.8 Å². The second-order valence-electron chi connectivity index (χ2n) is 8.65. The normalized spacial score (nSPS) is 33.1. The SMILES string of the molecule is O=C(NCC12CC3CC(CC(C3)C1)C2)c1ccc2nc(CCl)cn2c1. The molecule has 0 spiro atoms. The highest BCUT2D eigenvalue weighted by Crippen LogP contribution is 2.59. The van der Waals surface area contributed by atoms with Crippen LogP contribution >= 0.6 is 11.6 Å². The minimum atomic E-state index is 0.0266. The molecule has 25 heavy (non-hydrogen) atoms. The van der Waals surface area contributed by atoms with Gasteiger partial charge >= 0.3 is 0 Å². The maximum absolute atomic E-state index is 12.7. The monoisotopic (exact) mass is 357 g/mol. The lowest BCUT2D eigenvalue weighted by atomic mass is 9.49. The van der Waals surface area contributed by atoms with Crippen LogP contribution < -0.4 is 5.32 Å². The minimum Gasteiger partial charge on any atom is -0.351 e. The van der Waals surface area contributed by atoms with E-state index in [2.05, 4.69) is 10.3 Å². The highest BCUT2D eigenvalue weighted by atomic mass is 35.5. The molecule has 0 radical (unpaired) electrons. The first kappa shape index (κ1) is 15.7. The highest BCUT2D eigenvalue weighted by molar-refractivity contribution is 6.16. The van der Waals surface area contributed by atoms with Gasteiger partial charge < -0.3 is 9.72 Å². The van der Waals surface area contributed by atoms with E-state index >= 15 is 0 Å². The van der Waals surface area contributed by atoms with Crippen molar-refractivity contribution in [3.8, 4) is 0 Å². The van der Waals surface area contributed by atoms with Crippen molar-refractivity contribution in [1.82, 2.24) is 14.7 Å². The average molecular weight is 358 g/mol. The molecule has 0 saturated heterocycles. The predicted molar refractivity (Wildman–Crippen MR) is 97.7 cm³/mol. The summed E-state index contributed by atoms with van der Waals surface area (Å²) >= 11 is 5.85. The first-order valence-corrected chi connectivity index (χ1v) is 9.98. The van der Waals surface area contributed by atoms with E-state index in [4.69, 9.17) is 11.6 Å². The molecule has 4 bridgehead atoms. The van der Waals surface area contributed by atoms with Crippen LogP contribution in [0.15, 0.2) is 24.5 Å². The summed E-state index contributed by atoms with van der Waals surface area (Å²) < 4.78 is 1.89. The van der Waals surface area contributed by atoms with Crippen molar-refractivity contribution in [2.75, 3.05) is 6.54 Å². The van der Waals surface area contributed by atoms with E-state index in [1.807, 2.05) is 28.9 Å². The Hall–Kier alpha value is -1.55. The quantitative estimate of drug-likeness (QED) is 0.840. The van der Waals surface area contributed by atoms with E-state index < -0.39 is 0 Å². The largest absolute Gasteiger partial charge is 0.351 e. The summed E-state index contributed by atoms with van der Waals surface area (Å²) in [4.78, 5) is 17.1. The van der Waals surface area contributed by atoms with E-state index in [1.54, 1.807) is 0 Å². The molecule has 1 amide bonds. The molecule has 0 aliphatic heterocycles. The van der Waals surface area contributed by atoms with Gasteiger partial charge in [-0.1, -0.05) is 0 Å². The maximum atomic E-state index is 12.7. The van der Waals surface area contributed by atoms with E-state index in [-0.39, 0.29) is 5.91 Å². The highest BCUT2D eigenvalue weighted by Gasteiger charge is 2.50. The number of carbonyl (C=O) groups is 1. The van der Waals surface area contributed by atoms with Gasteiger partial charge in [-0.2, -0.15) is 0 Å². The van der Waals surface area contributed by atoms with Gasteiger partial charge in [0.2, 0.25) is 0 Å². The van der Waals surface area contributed by atoms with E-state index in [9.17, 15) is 4.79 Å². The van der Waals surface area contributed by atoms with Gasteiger partial charge in [0.05, 0.1) is 17.1 Å². The second kappa shape index (κ2) is 5.73. The number of hydrogen-bond acceptors (Lipinski definition) is 2. The van der Waals surface area contributed by atoms with Gasteiger partial charge in [0.1, 0.15) is 5.65 Å². The standard InChI is InChI=1S/C20H24ClN3O/c21-9-17-11-24-10-16(1-2-18(24)23-17)19(25)22-12-20-6-13-3-14(7-20)5-15(4-13)8-20/h1-2,10-11,13-15H,3-9,12H2,(H,22,25). The van der Waals surface area contributed by atoms with E-state index in [1.165, 1.54) is 38.5 Å². The Bertz CT molecular complexity index is 792. The minimum absolute atomic E-state index is 0.0266. The third kappa shape index (κ3) is 2.75. The van der Waals surface area contributed by atoms with Crippen LogP contribution in [0.1, 0.15) is 54.6 Å². The summed E-state index contributed by atoms with van der Waals surface area (Å²) in [6.45, 7) is 0.838. The first-order valence-electron chi connectivity index (χ1n) is 9.44. The fourth-order valence-corrected chi connectivity index (χ4v) is 6.25. The molecule has 4 nitrogen and oxygen atoms in total. The Morgan fingerprint density at radius 1 is 1.16 bits per heavy atom. The fourth-order valence-electron chi connectivity index (χ4n) is 6.12. The summed E-state index contributed by atoms with van der Waals surface area (Å²) in [6, 6.07) is 3.74. The molecule has 4 fully saturated rings. The molecule has 0 atom stereocenters. The van der Waals surface area contributed by atoms with Crippen LogP contribution in [0.5, 0.6) is 0 Å². The molecule has 132 valence electrons. The molecule has 0 unspecified atom stereocenters. The van der Waals surface area contributed by atoms with Crippen LogP contribution in [0.2, 0.25) is 0 Å². The van der Waals surface area contributed by atoms with Crippen LogP contribution in [0.25, 0.3) is 5.65 Å². The first-order chi connectivity index (χ1) is 12.1. The number of rotatable bonds is 4. The number of nitrogens with one attached hydrogen (secondary N) is 1. The molecule has 2 aromatic rings. The third-order valence-electron chi connectivity index (χ3n) is 6.69. The predicted octanol–water partition coefficient (Wildman–Crippen LogP) is 4.02. The smallest absolute Gasteiger partial charge is 0.252 e. The number of fused-ring (bicyclic) bond motifs is 1. The number of pyridine rings is 1. The van der Waals surface area contributed by atoms with Gasteiger partial charge in [0.25, 0.3) is 5.91 Å². The Kier molecular flexibility index (Phi) is 3.60. The Labute approximate surface area is 153 Å². The fraction of sp³-hybridized carbons (Fsp3) is 0.600. The summed E-state index contributed by atoms with van der Waals surface area (Å²) in [5.41, 5.74) is 2.71. The maximum Gasteiger partial charge on any atom is 0.252 e. The Morgan fingerprint density at radius 2 is 1.84 bits per heavy atom. The van der Waals surface area contributed by atoms with Crippen LogP contribution in [0.4, 0.5) is 0 Å². The number of hydrogen-bond donors (Lipinski definition) is 1. The van der Waals surface area contributed by atoms with Crippen LogP contribution in [0, 0.1) is 23.2 Å². The van der Waals surface area contributed by atoms with Crippen molar-refractivity contribution in [2.45, 2.75) is 44.4 Å². The lowest BCUT2D eigenvalue weighted by Gasteiger charge is -2.56. The van der Waals surface area contributed by atoms with Gasteiger partial charge in [0, 0.05) is 18.9 Å². The molecular weight excluding hydrogens is 334 g/mol. The molecule has 4 aliphatic carbocycles. The molecule has 6 rings (SSSR count). The number of amides is 1. The molecule has 2 heterocycles. The number of alkyl halides is 1. The number of imidazole rings is 1. The molecule has 5 heteroatoms. The number of carbonyl (C=O) groups excluding carboxylic acids is 1. The average Bonchev–Trinajstić information content (AvgIpc) is 3.01. The zero-order valence-electron chi connectivity index (χ0n) is 14.4. The van der Waals surface area contributed by atoms with Crippen LogP contribution in [-0.4, -0.2) is 21.8 Å². The topological polar surface area (TPSA) is 46.4 Å². The van der Waals surface area contributed by atoms with E-state index in [0.717, 1.165) is 35.6 Å². The van der Waals surface area contributed by atoms with Gasteiger partial charge in [-0.15, -0.1) is 11.6 Å². The van der Waals surface area contributed by atoms with Crippen LogP contribution in [-0.2, 0) is 5.88 Å². The van der Waals surface area contributed by atoms with Crippen molar-refractivity contribution in [3.05, 3.63) is 35.8 Å². The van der Waals surface area contributed by atoms with Crippen molar-refractivity contribution in [2.24, 2.45) is 23.2 Å². The summed E-state index contributed by atoms with van der Waals surface area (Å²) in [5.74, 6) is 3.16. The summed E-state index contributed by atoms with van der Waals surface area (Å²) in [6.07, 6.45) is 12.0. The van der Waals surface area contributed by atoms with E-state index in [0.29, 0.717) is 16.9 Å². The number of halogens is 1. The zero-order chi connectivity index (χ0) is 17.0. The Morgan fingerprint density at radius 3 is 2.48 bits per heavy atom. The summed E-state index contributed by atoms with van der Waals surface area (Å²) in [7, 11) is 0. The summed E-state index contributed by atoms with van der Waals surface area (Å²) in [5, 5.41) is 3.24. The van der Waals surface area contributed by atoms with Crippen LogP contribution in [0.3, 0.4) is 0 Å². The zero-order valence-corrected chi connectivity index (χ0v) is 15.1. The molecular formula is C20H24ClN3O. The molecule has 1 N–H and O–H groups in total.